The maximum absolute atomic E-state index is 11.5. The highest BCUT2D eigenvalue weighted by molar-refractivity contribution is 9.10. The normalized spacial score (nSPS) is 12.0. The van der Waals surface area contributed by atoms with Crippen molar-refractivity contribution in [3.05, 3.63) is 58.1 Å². The fourth-order valence-corrected chi connectivity index (χ4v) is 2.36. The lowest BCUT2D eigenvalue weighted by Crippen LogP contribution is -2.14. The van der Waals surface area contributed by atoms with Crippen LogP contribution in [0.25, 0.3) is 0 Å². The second-order valence-corrected chi connectivity index (χ2v) is 5.57. The molecule has 2 aromatic carbocycles. The molecular formula is C16H17BrN2O2. The summed E-state index contributed by atoms with van der Waals surface area (Å²) in [5, 5.41) is 3.18. The number of rotatable bonds is 5. The molecule has 0 aliphatic carbocycles. The van der Waals surface area contributed by atoms with Crippen LogP contribution in [0, 0.1) is 0 Å². The number of ether oxygens (including phenoxy) is 1. The first kappa shape index (κ1) is 15.5. The Bertz CT molecular complexity index is 658. The van der Waals surface area contributed by atoms with Crippen LogP contribution in [0.5, 0.6) is 11.5 Å². The summed E-state index contributed by atoms with van der Waals surface area (Å²) in [5.74, 6) is 0.636. The van der Waals surface area contributed by atoms with Crippen LogP contribution < -0.4 is 15.8 Å². The Balaban J connectivity index is 2.43. The SMILES string of the molecule is CNC(C)c1cc(Br)ccc1Oc1ccccc1C(N)=O. The van der Waals surface area contributed by atoms with Crippen LogP contribution >= 0.6 is 15.9 Å². The van der Waals surface area contributed by atoms with Crippen LogP contribution in [0.15, 0.2) is 46.9 Å². The first-order chi connectivity index (χ1) is 10.0. The van der Waals surface area contributed by atoms with Crippen molar-refractivity contribution in [3.8, 4) is 11.5 Å². The Morgan fingerprint density at radius 3 is 2.62 bits per heavy atom. The van der Waals surface area contributed by atoms with Gasteiger partial charge in [0.05, 0.1) is 5.56 Å². The molecule has 0 aliphatic heterocycles. The fraction of sp³-hybridized carbons (Fsp3) is 0.188. The number of benzene rings is 2. The van der Waals surface area contributed by atoms with E-state index in [-0.39, 0.29) is 6.04 Å². The van der Waals surface area contributed by atoms with Gasteiger partial charge in [-0.25, -0.2) is 0 Å². The number of nitrogens with one attached hydrogen (secondary N) is 1. The molecule has 2 rings (SSSR count). The summed E-state index contributed by atoms with van der Waals surface area (Å²) in [6.07, 6.45) is 0. The molecule has 1 atom stereocenters. The van der Waals surface area contributed by atoms with Crippen molar-refractivity contribution in [2.24, 2.45) is 5.73 Å². The minimum absolute atomic E-state index is 0.109. The van der Waals surface area contributed by atoms with Crippen molar-refractivity contribution in [1.82, 2.24) is 5.32 Å². The molecule has 21 heavy (non-hydrogen) atoms. The average molecular weight is 349 g/mol. The molecule has 0 saturated heterocycles. The van der Waals surface area contributed by atoms with Crippen LogP contribution in [0.3, 0.4) is 0 Å². The Labute approximate surface area is 132 Å². The Kier molecular flexibility index (Phi) is 4.98. The van der Waals surface area contributed by atoms with E-state index in [0.717, 1.165) is 10.0 Å². The molecule has 0 fully saturated rings. The van der Waals surface area contributed by atoms with Crippen molar-refractivity contribution in [3.63, 3.8) is 0 Å². The summed E-state index contributed by atoms with van der Waals surface area (Å²) in [5.41, 5.74) is 6.73. The molecule has 0 bridgehead atoms. The van der Waals surface area contributed by atoms with E-state index in [9.17, 15) is 4.79 Å². The summed E-state index contributed by atoms with van der Waals surface area (Å²) in [6.45, 7) is 2.04. The van der Waals surface area contributed by atoms with Crippen molar-refractivity contribution < 1.29 is 9.53 Å². The van der Waals surface area contributed by atoms with E-state index in [1.165, 1.54) is 0 Å². The van der Waals surface area contributed by atoms with E-state index in [1.54, 1.807) is 18.2 Å². The van der Waals surface area contributed by atoms with Crippen LogP contribution in [-0.4, -0.2) is 13.0 Å². The highest BCUT2D eigenvalue weighted by atomic mass is 79.9. The summed E-state index contributed by atoms with van der Waals surface area (Å²) in [6, 6.07) is 12.8. The number of nitrogens with two attached hydrogens (primary N) is 1. The van der Waals surface area contributed by atoms with Gasteiger partial charge in [0.25, 0.3) is 5.91 Å². The van der Waals surface area contributed by atoms with Gasteiger partial charge in [-0.05, 0) is 44.3 Å². The van der Waals surface area contributed by atoms with E-state index in [0.29, 0.717) is 17.1 Å². The van der Waals surface area contributed by atoms with Crippen molar-refractivity contribution >= 4 is 21.8 Å². The average Bonchev–Trinajstić information content (AvgIpc) is 2.48. The Morgan fingerprint density at radius 1 is 1.24 bits per heavy atom. The van der Waals surface area contributed by atoms with E-state index in [4.69, 9.17) is 10.5 Å². The lowest BCUT2D eigenvalue weighted by molar-refractivity contribution is 0.0998. The standard InChI is InChI=1S/C16H17BrN2O2/c1-10(19-2)13-9-11(17)7-8-15(13)21-14-6-4-3-5-12(14)16(18)20/h3-10,19H,1-2H3,(H2,18,20). The molecule has 0 heterocycles. The molecule has 1 amide bonds. The molecule has 0 saturated carbocycles. The molecular weight excluding hydrogens is 332 g/mol. The lowest BCUT2D eigenvalue weighted by atomic mass is 10.1. The number of amides is 1. The Hall–Kier alpha value is -1.85. The van der Waals surface area contributed by atoms with Gasteiger partial charge >= 0.3 is 0 Å². The van der Waals surface area contributed by atoms with Crippen LogP contribution in [0.2, 0.25) is 0 Å². The lowest BCUT2D eigenvalue weighted by Gasteiger charge is -2.17. The second kappa shape index (κ2) is 6.74. The molecule has 2 aromatic rings. The molecule has 1 unspecified atom stereocenters. The predicted molar refractivity (Wildman–Crippen MR) is 86.7 cm³/mol. The monoisotopic (exact) mass is 348 g/mol. The summed E-state index contributed by atoms with van der Waals surface area (Å²) < 4.78 is 6.89. The van der Waals surface area contributed by atoms with Crippen molar-refractivity contribution in [2.45, 2.75) is 13.0 Å². The van der Waals surface area contributed by atoms with Crippen molar-refractivity contribution in [1.29, 1.82) is 0 Å². The number of para-hydroxylation sites is 1. The minimum atomic E-state index is -0.508. The molecule has 0 aliphatic rings. The van der Waals surface area contributed by atoms with E-state index in [1.807, 2.05) is 38.2 Å². The number of carbonyl (C=O) groups excluding carboxylic acids is 1. The van der Waals surface area contributed by atoms with Gasteiger partial charge < -0.3 is 15.8 Å². The third-order valence-electron chi connectivity index (χ3n) is 3.24. The molecule has 5 heteroatoms. The first-order valence-corrected chi connectivity index (χ1v) is 7.35. The maximum Gasteiger partial charge on any atom is 0.252 e. The molecule has 0 aromatic heterocycles. The quantitative estimate of drug-likeness (QED) is 0.867. The second-order valence-electron chi connectivity index (χ2n) is 4.65. The van der Waals surface area contributed by atoms with Gasteiger partial charge in [0.15, 0.2) is 0 Å². The predicted octanol–water partition coefficient (Wildman–Crippen LogP) is 3.62. The zero-order valence-corrected chi connectivity index (χ0v) is 13.5. The van der Waals surface area contributed by atoms with Crippen LogP contribution in [0.4, 0.5) is 0 Å². The number of carbonyl (C=O) groups is 1. The fourth-order valence-electron chi connectivity index (χ4n) is 1.98. The molecule has 0 radical (unpaired) electrons. The number of primary amides is 1. The minimum Gasteiger partial charge on any atom is -0.456 e. The van der Waals surface area contributed by atoms with Gasteiger partial charge in [0.1, 0.15) is 11.5 Å². The summed E-state index contributed by atoms with van der Waals surface area (Å²) in [4.78, 5) is 11.5. The molecule has 4 nitrogen and oxygen atoms in total. The van der Waals surface area contributed by atoms with E-state index < -0.39 is 5.91 Å². The van der Waals surface area contributed by atoms with E-state index >= 15 is 0 Å². The third-order valence-corrected chi connectivity index (χ3v) is 3.74. The van der Waals surface area contributed by atoms with Gasteiger partial charge in [-0.2, -0.15) is 0 Å². The third kappa shape index (κ3) is 3.62. The number of halogens is 1. The molecule has 110 valence electrons. The van der Waals surface area contributed by atoms with Gasteiger partial charge in [0.2, 0.25) is 0 Å². The smallest absolute Gasteiger partial charge is 0.252 e. The van der Waals surface area contributed by atoms with Crippen molar-refractivity contribution in [2.75, 3.05) is 7.05 Å². The van der Waals surface area contributed by atoms with Crippen LogP contribution in [0.1, 0.15) is 28.9 Å². The zero-order chi connectivity index (χ0) is 15.4. The Morgan fingerprint density at radius 2 is 1.95 bits per heavy atom. The highest BCUT2D eigenvalue weighted by Gasteiger charge is 2.14. The number of hydrogen-bond acceptors (Lipinski definition) is 3. The van der Waals surface area contributed by atoms with Gasteiger partial charge in [-0.1, -0.05) is 28.1 Å². The highest BCUT2D eigenvalue weighted by Crippen LogP contribution is 2.33. The first-order valence-electron chi connectivity index (χ1n) is 6.56. The van der Waals surface area contributed by atoms with Gasteiger partial charge in [-0.3, -0.25) is 4.79 Å². The number of hydrogen-bond donors (Lipinski definition) is 2. The van der Waals surface area contributed by atoms with Gasteiger partial charge in [-0.15, -0.1) is 0 Å². The maximum atomic E-state index is 11.5. The van der Waals surface area contributed by atoms with Gasteiger partial charge in [0, 0.05) is 16.1 Å². The topological polar surface area (TPSA) is 64.3 Å². The molecule has 3 N–H and O–H groups in total. The molecule has 0 spiro atoms. The van der Waals surface area contributed by atoms with Crippen LogP contribution in [-0.2, 0) is 0 Å². The summed E-state index contributed by atoms with van der Waals surface area (Å²) >= 11 is 3.46. The summed E-state index contributed by atoms with van der Waals surface area (Å²) in [7, 11) is 1.88. The zero-order valence-electron chi connectivity index (χ0n) is 11.9. The van der Waals surface area contributed by atoms with E-state index in [2.05, 4.69) is 21.2 Å². The largest absolute Gasteiger partial charge is 0.456 e.